The first kappa shape index (κ1) is 20.3. The van der Waals surface area contributed by atoms with Gasteiger partial charge in [-0.2, -0.15) is 0 Å². The number of carbonyl (C=O) groups is 1. The first-order valence-electron chi connectivity index (χ1n) is 10.7. The number of amides is 1. The van der Waals surface area contributed by atoms with Crippen LogP contribution in [-0.4, -0.2) is 47.2 Å². The van der Waals surface area contributed by atoms with Gasteiger partial charge in [0.1, 0.15) is 0 Å². The van der Waals surface area contributed by atoms with Crippen molar-refractivity contribution in [2.24, 2.45) is 5.92 Å². The molecule has 2 aromatic carbocycles. The molecule has 1 aliphatic rings. The van der Waals surface area contributed by atoms with Crippen molar-refractivity contribution in [3.8, 4) is 11.5 Å². The zero-order chi connectivity index (χ0) is 20.6. The van der Waals surface area contributed by atoms with Gasteiger partial charge in [-0.1, -0.05) is 48.5 Å². The highest BCUT2D eigenvalue weighted by Crippen LogP contribution is 2.21. The molecule has 4 rings (SSSR count). The summed E-state index contributed by atoms with van der Waals surface area (Å²) in [5, 5.41) is 10.7. The second kappa shape index (κ2) is 10.2. The number of likely N-dealkylation sites (tertiary alicyclic amines) is 1. The molecule has 0 unspecified atom stereocenters. The van der Waals surface area contributed by atoms with E-state index in [-0.39, 0.29) is 11.8 Å². The van der Waals surface area contributed by atoms with Crippen LogP contribution in [0.5, 0.6) is 0 Å². The van der Waals surface area contributed by atoms with Gasteiger partial charge in [0.25, 0.3) is 0 Å². The molecule has 1 saturated heterocycles. The standard InChI is InChI=1S/C24H28N4O2/c29-22(24-27-26-23(30-24)21-10-5-2-6-11-21)25-14-7-15-28-16-12-20(13-17-28)18-19-8-3-1-4-9-19/h1-6,8-11,20H,7,12-18H2,(H,25,29). The Morgan fingerprint density at radius 3 is 2.43 bits per heavy atom. The van der Waals surface area contributed by atoms with Crippen molar-refractivity contribution >= 4 is 5.91 Å². The molecule has 0 saturated carbocycles. The van der Waals surface area contributed by atoms with E-state index in [1.165, 1.54) is 24.8 Å². The fourth-order valence-corrected chi connectivity index (χ4v) is 3.95. The van der Waals surface area contributed by atoms with Gasteiger partial charge in [-0.05, 0) is 68.9 Å². The van der Waals surface area contributed by atoms with Crippen molar-refractivity contribution in [3.63, 3.8) is 0 Å². The van der Waals surface area contributed by atoms with E-state index in [2.05, 4.69) is 50.7 Å². The average molecular weight is 405 g/mol. The van der Waals surface area contributed by atoms with Crippen LogP contribution < -0.4 is 5.32 Å². The molecule has 156 valence electrons. The molecule has 2 heterocycles. The van der Waals surface area contributed by atoms with Crippen LogP contribution in [-0.2, 0) is 6.42 Å². The molecule has 6 heteroatoms. The molecule has 1 amide bonds. The van der Waals surface area contributed by atoms with E-state index in [0.29, 0.717) is 12.4 Å². The second-order valence-electron chi connectivity index (χ2n) is 7.86. The molecule has 0 bridgehead atoms. The molecule has 30 heavy (non-hydrogen) atoms. The Bertz CT molecular complexity index is 919. The number of hydrogen-bond acceptors (Lipinski definition) is 5. The monoisotopic (exact) mass is 404 g/mol. The maximum Gasteiger partial charge on any atom is 0.308 e. The fraction of sp³-hybridized carbons (Fsp3) is 0.375. The second-order valence-corrected chi connectivity index (χ2v) is 7.86. The highest BCUT2D eigenvalue weighted by Gasteiger charge is 2.19. The Morgan fingerprint density at radius 1 is 1.00 bits per heavy atom. The number of rotatable bonds is 8. The Morgan fingerprint density at radius 2 is 1.70 bits per heavy atom. The van der Waals surface area contributed by atoms with Crippen molar-refractivity contribution < 1.29 is 9.21 Å². The highest BCUT2D eigenvalue weighted by atomic mass is 16.4. The molecule has 6 nitrogen and oxygen atoms in total. The first-order valence-corrected chi connectivity index (χ1v) is 10.7. The summed E-state index contributed by atoms with van der Waals surface area (Å²) in [5.41, 5.74) is 2.25. The zero-order valence-corrected chi connectivity index (χ0v) is 17.2. The van der Waals surface area contributed by atoms with Crippen molar-refractivity contribution in [2.75, 3.05) is 26.2 Å². The summed E-state index contributed by atoms with van der Waals surface area (Å²) >= 11 is 0. The smallest absolute Gasteiger partial charge is 0.308 e. The Labute approximate surface area is 177 Å². The van der Waals surface area contributed by atoms with Gasteiger partial charge in [-0.3, -0.25) is 4.79 Å². The number of benzene rings is 2. The van der Waals surface area contributed by atoms with Crippen molar-refractivity contribution in [1.29, 1.82) is 0 Å². The summed E-state index contributed by atoms with van der Waals surface area (Å²) in [7, 11) is 0. The van der Waals surface area contributed by atoms with Crippen LogP contribution in [0.15, 0.2) is 65.1 Å². The summed E-state index contributed by atoms with van der Waals surface area (Å²) in [4.78, 5) is 14.7. The van der Waals surface area contributed by atoms with Gasteiger partial charge in [0, 0.05) is 12.1 Å². The lowest BCUT2D eigenvalue weighted by Crippen LogP contribution is -2.36. The van der Waals surface area contributed by atoms with Gasteiger partial charge in [0.15, 0.2) is 0 Å². The van der Waals surface area contributed by atoms with Gasteiger partial charge in [-0.15, -0.1) is 10.2 Å². The van der Waals surface area contributed by atoms with E-state index in [0.717, 1.165) is 37.5 Å². The molecule has 1 aromatic heterocycles. The Hall–Kier alpha value is -2.99. The number of aromatic nitrogens is 2. The summed E-state index contributed by atoms with van der Waals surface area (Å²) < 4.78 is 5.49. The fourth-order valence-electron chi connectivity index (χ4n) is 3.95. The van der Waals surface area contributed by atoms with E-state index < -0.39 is 0 Å². The third kappa shape index (κ3) is 5.54. The van der Waals surface area contributed by atoms with Crippen molar-refractivity contribution in [2.45, 2.75) is 25.7 Å². The first-order chi connectivity index (χ1) is 14.8. The average Bonchev–Trinajstić information content (AvgIpc) is 3.30. The lowest BCUT2D eigenvalue weighted by molar-refractivity contribution is 0.0916. The molecule has 0 radical (unpaired) electrons. The summed E-state index contributed by atoms with van der Waals surface area (Å²) in [6.07, 6.45) is 4.58. The maximum absolute atomic E-state index is 12.2. The molecule has 3 aromatic rings. The minimum absolute atomic E-state index is 0.00980. The van der Waals surface area contributed by atoms with E-state index in [4.69, 9.17) is 4.42 Å². The zero-order valence-electron chi connectivity index (χ0n) is 17.2. The van der Waals surface area contributed by atoms with E-state index >= 15 is 0 Å². The quantitative estimate of drug-likeness (QED) is 0.578. The van der Waals surface area contributed by atoms with Crippen LogP contribution in [0.25, 0.3) is 11.5 Å². The van der Waals surface area contributed by atoms with Crippen LogP contribution in [0, 0.1) is 5.92 Å². The maximum atomic E-state index is 12.2. The highest BCUT2D eigenvalue weighted by molar-refractivity contribution is 5.89. The summed E-state index contributed by atoms with van der Waals surface area (Å²) in [6, 6.07) is 20.2. The number of hydrogen-bond donors (Lipinski definition) is 1. The van der Waals surface area contributed by atoms with Gasteiger partial charge < -0.3 is 14.6 Å². The normalized spacial score (nSPS) is 15.2. The van der Waals surface area contributed by atoms with E-state index in [1.54, 1.807) is 0 Å². The SMILES string of the molecule is O=C(NCCCN1CCC(Cc2ccccc2)CC1)c1nnc(-c2ccccc2)o1. The lowest BCUT2D eigenvalue weighted by Gasteiger charge is -2.32. The predicted molar refractivity (Wildman–Crippen MR) is 116 cm³/mol. The number of nitrogens with one attached hydrogen (secondary N) is 1. The number of carbonyl (C=O) groups excluding carboxylic acids is 1. The topological polar surface area (TPSA) is 71.3 Å². The van der Waals surface area contributed by atoms with Gasteiger partial charge >= 0.3 is 11.8 Å². The van der Waals surface area contributed by atoms with Crippen molar-refractivity contribution in [1.82, 2.24) is 20.4 Å². The minimum Gasteiger partial charge on any atom is -0.412 e. The van der Waals surface area contributed by atoms with Crippen molar-refractivity contribution in [3.05, 3.63) is 72.1 Å². The summed E-state index contributed by atoms with van der Waals surface area (Å²) in [6.45, 7) is 3.87. The Balaban J connectivity index is 1.14. The third-order valence-electron chi connectivity index (χ3n) is 5.65. The van der Waals surface area contributed by atoms with Crippen LogP contribution in [0.2, 0.25) is 0 Å². The summed E-state index contributed by atoms with van der Waals surface area (Å²) in [5.74, 6) is 0.834. The van der Waals surface area contributed by atoms with Crippen LogP contribution >= 0.6 is 0 Å². The minimum atomic E-state index is -0.314. The molecule has 1 N–H and O–H groups in total. The van der Waals surface area contributed by atoms with E-state index in [9.17, 15) is 4.79 Å². The molecular formula is C24H28N4O2. The number of piperidine rings is 1. The van der Waals surface area contributed by atoms with Gasteiger partial charge in [0.05, 0.1) is 0 Å². The Kier molecular flexibility index (Phi) is 6.87. The molecular weight excluding hydrogens is 376 g/mol. The van der Waals surface area contributed by atoms with Crippen LogP contribution in [0.4, 0.5) is 0 Å². The molecule has 0 atom stereocenters. The molecule has 1 aliphatic heterocycles. The van der Waals surface area contributed by atoms with Gasteiger partial charge in [-0.25, -0.2) is 0 Å². The largest absolute Gasteiger partial charge is 0.412 e. The molecule has 0 spiro atoms. The van der Waals surface area contributed by atoms with Crippen LogP contribution in [0.3, 0.4) is 0 Å². The van der Waals surface area contributed by atoms with E-state index in [1.807, 2.05) is 30.3 Å². The molecule has 1 fully saturated rings. The molecule has 0 aliphatic carbocycles. The third-order valence-corrected chi connectivity index (χ3v) is 5.65. The number of nitrogens with zero attached hydrogens (tertiary/aromatic N) is 3. The lowest BCUT2D eigenvalue weighted by atomic mass is 9.90. The van der Waals surface area contributed by atoms with Crippen LogP contribution in [0.1, 0.15) is 35.5 Å². The van der Waals surface area contributed by atoms with Gasteiger partial charge in [0.2, 0.25) is 5.89 Å². The predicted octanol–water partition coefficient (Wildman–Crippen LogP) is 3.81.